The normalized spacial score (nSPS) is 17.6. The molecule has 0 aromatic carbocycles. The summed E-state index contributed by atoms with van der Waals surface area (Å²) in [6.07, 6.45) is 5.18. The summed E-state index contributed by atoms with van der Waals surface area (Å²) >= 11 is 1.89. The van der Waals surface area contributed by atoms with Crippen LogP contribution in [-0.2, 0) is 12.8 Å². The van der Waals surface area contributed by atoms with Crippen molar-refractivity contribution in [3.05, 3.63) is 33.5 Å². The summed E-state index contributed by atoms with van der Waals surface area (Å²) in [4.78, 5) is 2.85. The molecular weight excluding hydrogens is 190 g/mol. The van der Waals surface area contributed by atoms with E-state index in [9.17, 15) is 0 Å². The van der Waals surface area contributed by atoms with Crippen LogP contribution in [0.1, 0.15) is 41.1 Å². The zero-order chi connectivity index (χ0) is 10.1. The monoisotopic (exact) mass is 207 g/mol. The molecule has 2 heteroatoms. The molecule has 1 atom stereocenters. The average molecular weight is 207 g/mol. The summed E-state index contributed by atoms with van der Waals surface area (Å²) in [6, 6.07) is 2.34. The predicted molar refractivity (Wildman–Crippen MR) is 62.7 cm³/mol. The number of thiophene rings is 1. The third-order valence-electron chi connectivity index (χ3n) is 2.85. The van der Waals surface area contributed by atoms with E-state index in [0.29, 0.717) is 0 Å². The summed E-state index contributed by atoms with van der Waals surface area (Å²) in [5, 5.41) is 0. The molecule has 1 nitrogen and oxygen atoms in total. The van der Waals surface area contributed by atoms with Gasteiger partial charge >= 0.3 is 0 Å². The Morgan fingerprint density at radius 3 is 2.86 bits per heavy atom. The molecule has 0 aliphatic heterocycles. The molecule has 2 N–H and O–H groups in total. The van der Waals surface area contributed by atoms with Crippen molar-refractivity contribution in [2.24, 2.45) is 5.73 Å². The van der Waals surface area contributed by atoms with Crippen LogP contribution >= 0.6 is 11.3 Å². The summed E-state index contributed by atoms with van der Waals surface area (Å²) in [5.41, 5.74) is 8.65. The van der Waals surface area contributed by atoms with Gasteiger partial charge in [-0.2, -0.15) is 0 Å². The van der Waals surface area contributed by atoms with E-state index in [-0.39, 0.29) is 6.04 Å². The van der Waals surface area contributed by atoms with Gasteiger partial charge in [0.25, 0.3) is 0 Å². The molecule has 1 aliphatic carbocycles. The molecule has 0 saturated heterocycles. The fourth-order valence-corrected chi connectivity index (χ4v) is 3.26. The lowest BCUT2D eigenvalue weighted by Crippen LogP contribution is -2.08. The van der Waals surface area contributed by atoms with Crippen LogP contribution in [0.15, 0.2) is 18.2 Å². The Hall–Kier alpha value is -0.600. The fraction of sp³-hybridized carbons (Fsp3) is 0.500. The molecule has 14 heavy (non-hydrogen) atoms. The second-order valence-electron chi connectivity index (χ2n) is 4.13. The van der Waals surface area contributed by atoms with Crippen LogP contribution < -0.4 is 5.73 Å². The van der Waals surface area contributed by atoms with Crippen molar-refractivity contribution in [3.63, 3.8) is 0 Å². The van der Waals surface area contributed by atoms with Gasteiger partial charge in [0.15, 0.2) is 0 Å². The molecule has 1 aromatic heterocycles. The molecular formula is C12H17NS. The lowest BCUT2D eigenvalue weighted by molar-refractivity contribution is 0.696. The van der Waals surface area contributed by atoms with Crippen LogP contribution in [0, 0.1) is 0 Å². The van der Waals surface area contributed by atoms with E-state index in [1.807, 2.05) is 18.3 Å². The second kappa shape index (κ2) is 3.87. The van der Waals surface area contributed by atoms with E-state index in [4.69, 9.17) is 5.73 Å². The van der Waals surface area contributed by atoms with E-state index in [1.54, 1.807) is 4.88 Å². The molecule has 0 amide bonds. The molecule has 76 valence electrons. The quantitative estimate of drug-likeness (QED) is 0.740. The highest BCUT2D eigenvalue weighted by molar-refractivity contribution is 7.12. The minimum Gasteiger partial charge on any atom is -0.320 e. The minimum atomic E-state index is 0.0469. The lowest BCUT2D eigenvalue weighted by atomic mass is 9.98. The highest BCUT2D eigenvalue weighted by Gasteiger charge is 2.16. The largest absolute Gasteiger partial charge is 0.320 e. The number of rotatable bonds is 2. The van der Waals surface area contributed by atoms with Crippen molar-refractivity contribution in [1.82, 2.24) is 0 Å². The van der Waals surface area contributed by atoms with Crippen LogP contribution in [0.3, 0.4) is 0 Å². The van der Waals surface area contributed by atoms with Gasteiger partial charge in [-0.3, -0.25) is 0 Å². The Kier molecular flexibility index (Phi) is 2.75. The first-order valence-electron chi connectivity index (χ1n) is 5.21. The van der Waals surface area contributed by atoms with Gasteiger partial charge in [0.05, 0.1) is 6.04 Å². The predicted octanol–water partition coefficient (Wildman–Crippen LogP) is 3.20. The molecule has 0 bridgehead atoms. The Bertz CT molecular complexity index is 328. The van der Waals surface area contributed by atoms with E-state index < -0.39 is 0 Å². The Labute approximate surface area is 89.6 Å². The summed E-state index contributed by atoms with van der Waals surface area (Å²) in [7, 11) is 0. The lowest BCUT2D eigenvalue weighted by Gasteiger charge is -2.08. The number of fused-ring (bicyclic) bond motifs is 1. The Balaban J connectivity index is 2.28. The Morgan fingerprint density at radius 2 is 2.21 bits per heavy atom. The van der Waals surface area contributed by atoms with Gasteiger partial charge < -0.3 is 5.73 Å². The summed E-state index contributed by atoms with van der Waals surface area (Å²) in [6.45, 7) is 5.92. The molecule has 0 fully saturated rings. The highest BCUT2D eigenvalue weighted by atomic mass is 32.1. The standard InChI is InChI=1S/C12H17NS/c1-8(2)12(13)11-7-9-5-3-4-6-10(9)14-11/h7,12H,1,3-6,13H2,2H3. The van der Waals surface area contributed by atoms with Gasteiger partial charge in [-0.15, -0.1) is 11.3 Å². The zero-order valence-electron chi connectivity index (χ0n) is 8.68. The first-order chi connectivity index (χ1) is 6.68. The van der Waals surface area contributed by atoms with E-state index in [2.05, 4.69) is 12.6 Å². The SMILES string of the molecule is C=C(C)C(N)c1cc2c(s1)CCCC2. The number of hydrogen-bond donors (Lipinski definition) is 1. The third-order valence-corrected chi connectivity index (χ3v) is 4.17. The van der Waals surface area contributed by atoms with E-state index in [1.165, 1.54) is 36.1 Å². The highest BCUT2D eigenvalue weighted by Crippen LogP contribution is 2.33. The van der Waals surface area contributed by atoms with Crippen molar-refractivity contribution in [1.29, 1.82) is 0 Å². The first-order valence-corrected chi connectivity index (χ1v) is 6.02. The van der Waals surface area contributed by atoms with Crippen molar-refractivity contribution in [2.75, 3.05) is 0 Å². The van der Waals surface area contributed by atoms with Crippen LogP contribution in [0.2, 0.25) is 0 Å². The molecule has 1 aromatic rings. The molecule has 0 radical (unpaired) electrons. The zero-order valence-corrected chi connectivity index (χ0v) is 9.49. The maximum Gasteiger partial charge on any atom is 0.0600 e. The summed E-state index contributed by atoms with van der Waals surface area (Å²) < 4.78 is 0. The molecule has 1 aliphatic rings. The number of nitrogens with two attached hydrogens (primary N) is 1. The third kappa shape index (κ3) is 1.77. The van der Waals surface area contributed by atoms with Gasteiger partial charge in [0.2, 0.25) is 0 Å². The topological polar surface area (TPSA) is 26.0 Å². The molecule has 0 saturated carbocycles. The number of hydrogen-bond acceptors (Lipinski definition) is 2. The molecule has 0 spiro atoms. The second-order valence-corrected chi connectivity index (χ2v) is 5.30. The van der Waals surface area contributed by atoms with E-state index in [0.717, 1.165) is 5.57 Å². The molecule has 2 rings (SSSR count). The van der Waals surface area contributed by atoms with E-state index >= 15 is 0 Å². The van der Waals surface area contributed by atoms with Crippen LogP contribution in [0.5, 0.6) is 0 Å². The van der Waals surface area contributed by atoms with Crippen LogP contribution in [0.25, 0.3) is 0 Å². The number of aryl methyl sites for hydroxylation is 2. The van der Waals surface area contributed by atoms with Gasteiger partial charge in [0, 0.05) is 9.75 Å². The molecule has 1 unspecified atom stereocenters. The minimum absolute atomic E-state index is 0.0469. The van der Waals surface area contributed by atoms with Gasteiger partial charge in [-0.1, -0.05) is 12.2 Å². The smallest absolute Gasteiger partial charge is 0.0600 e. The van der Waals surface area contributed by atoms with Crippen molar-refractivity contribution < 1.29 is 0 Å². The Morgan fingerprint density at radius 1 is 1.50 bits per heavy atom. The van der Waals surface area contributed by atoms with Gasteiger partial charge in [-0.05, 0) is 44.2 Å². The summed E-state index contributed by atoms with van der Waals surface area (Å²) in [5.74, 6) is 0. The van der Waals surface area contributed by atoms with Gasteiger partial charge in [-0.25, -0.2) is 0 Å². The molecule has 1 heterocycles. The maximum absolute atomic E-state index is 6.06. The average Bonchev–Trinajstić information content (AvgIpc) is 2.59. The maximum atomic E-state index is 6.06. The van der Waals surface area contributed by atoms with Crippen molar-refractivity contribution in [2.45, 2.75) is 38.6 Å². The van der Waals surface area contributed by atoms with Crippen molar-refractivity contribution >= 4 is 11.3 Å². The van der Waals surface area contributed by atoms with Crippen LogP contribution in [-0.4, -0.2) is 0 Å². The first kappa shape index (κ1) is 9.94. The van der Waals surface area contributed by atoms with Gasteiger partial charge in [0.1, 0.15) is 0 Å². The van der Waals surface area contributed by atoms with Crippen molar-refractivity contribution in [3.8, 4) is 0 Å². The van der Waals surface area contributed by atoms with Crippen LogP contribution in [0.4, 0.5) is 0 Å². The fourth-order valence-electron chi connectivity index (χ4n) is 1.91.